The van der Waals surface area contributed by atoms with Crippen molar-refractivity contribution >= 4 is 23.5 Å². The van der Waals surface area contributed by atoms with Crippen LogP contribution in [0, 0.1) is 0 Å². The van der Waals surface area contributed by atoms with Crippen LogP contribution in [-0.4, -0.2) is 22.0 Å². The third-order valence-corrected chi connectivity index (χ3v) is 3.14. The lowest BCUT2D eigenvalue weighted by Crippen LogP contribution is -2.34. The second-order valence-corrected chi connectivity index (χ2v) is 5.45. The van der Waals surface area contributed by atoms with Crippen LogP contribution in [0.1, 0.15) is 13.8 Å². The average Bonchev–Trinajstić information content (AvgIpc) is 2.39. The minimum absolute atomic E-state index is 0.0965. The Morgan fingerprint density at radius 1 is 1.15 bits per heavy atom. The zero-order valence-electron chi connectivity index (χ0n) is 11.3. The standard InChI is InChI=1S/C14H16N4OS/c1-10(2)17-14(19)18-11-6-8-16-13(9-11)20-12-5-3-4-7-15-12/h3-10H,1-2H3,(H2,16,17,18,19). The lowest BCUT2D eigenvalue weighted by Gasteiger charge is -2.10. The van der Waals surface area contributed by atoms with Crippen LogP contribution in [0.5, 0.6) is 0 Å². The summed E-state index contributed by atoms with van der Waals surface area (Å²) in [4.78, 5) is 20.1. The number of rotatable bonds is 4. The molecule has 6 heteroatoms. The smallest absolute Gasteiger partial charge is 0.319 e. The van der Waals surface area contributed by atoms with Gasteiger partial charge in [0, 0.05) is 24.1 Å². The first-order valence-corrected chi connectivity index (χ1v) is 7.07. The number of aromatic nitrogens is 2. The number of pyridine rings is 2. The lowest BCUT2D eigenvalue weighted by molar-refractivity contribution is 0.250. The van der Waals surface area contributed by atoms with Gasteiger partial charge in [-0.2, -0.15) is 0 Å². The maximum absolute atomic E-state index is 11.6. The number of hydrogen-bond donors (Lipinski definition) is 2. The Labute approximate surface area is 122 Å². The van der Waals surface area contributed by atoms with E-state index >= 15 is 0 Å². The normalized spacial score (nSPS) is 10.3. The van der Waals surface area contributed by atoms with Gasteiger partial charge in [-0.3, -0.25) is 0 Å². The highest BCUT2D eigenvalue weighted by molar-refractivity contribution is 7.99. The topological polar surface area (TPSA) is 66.9 Å². The Hall–Kier alpha value is -2.08. The number of carbonyl (C=O) groups excluding carboxylic acids is 1. The summed E-state index contributed by atoms with van der Waals surface area (Å²) >= 11 is 1.45. The van der Waals surface area contributed by atoms with Crippen molar-refractivity contribution in [3.63, 3.8) is 0 Å². The molecule has 104 valence electrons. The van der Waals surface area contributed by atoms with Gasteiger partial charge >= 0.3 is 6.03 Å². The largest absolute Gasteiger partial charge is 0.336 e. The molecule has 0 aliphatic carbocycles. The molecule has 0 aromatic carbocycles. The molecule has 0 fully saturated rings. The van der Waals surface area contributed by atoms with Gasteiger partial charge in [-0.15, -0.1) is 0 Å². The van der Waals surface area contributed by atoms with Crippen molar-refractivity contribution in [1.29, 1.82) is 0 Å². The molecule has 2 amide bonds. The second kappa shape index (κ2) is 6.91. The Kier molecular flexibility index (Phi) is 4.95. The van der Waals surface area contributed by atoms with Crippen molar-refractivity contribution < 1.29 is 4.79 Å². The summed E-state index contributed by atoms with van der Waals surface area (Å²) < 4.78 is 0. The molecule has 5 nitrogen and oxygen atoms in total. The fraction of sp³-hybridized carbons (Fsp3) is 0.214. The summed E-state index contributed by atoms with van der Waals surface area (Å²) in [5, 5.41) is 7.19. The van der Waals surface area contributed by atoms with Crippen molar-refractivity contribution in [2.24, 2.45) is 0 Å². The highest BCUT2D eigenvalue weighted by atomic mass is 32.2. The zero-order chi connectivity index (χ0) is 14.4. The molecular formula is C14H16N4OS. The molecule has 2 aromatic rings. The Balaban J connectivity index is 2.03. The number of amides is 2. The van der Waals surface area contributed by atoms with Gasteiger partial charge in [0.25, 0.3) is 0 Å². The summed E-state index contributed by atoms with van der Waals surface area (Å²) in [6, 6.07) is 9.15. The van der Waals surface area contributed by atoms with E-state index in [0.717, 1.165) is 10.1 Å². The molecular weight excluding hydrogens is 272 g/mol. The molecule has 0 saturated carbocycles. The van der Waals surface area contributed by atoms with Gasteiger partial charge in [0.2, 0.25) is 0 Å². The van der Waals surface area contributed by atoms with Gasteiger partial charge in [-0.05, 0) is 38.1 Å². The Morgan fingerprint density at radius 2 is 1.95 bits per heavy atom. The van der Waals surface area contributed by atoms with Crippen LogP contribution in [-0.2, 0) is 0 Å². The van der Waals surface area contributed by atoms with E-state index < -0.39 is 0 Å². The van der Waals surface area contributed by atoms with Crippen molar-refractivity contribution in [2.75, 3.05) is 5.32 Å². The molecule has 0 aliphatic rings. The number of carbonyl (C=O) groups is 1. The first-order valence-electron chi connectivity index (χ1n) is 6.26. The molecule has 0 spiro atoms. The van der Waals surface area contributed by atoms with Gasteiger partial charge < -0.3 is 10.6 Å². The molecule has 2 aromatic heterocycles. The van der Waals surface area contributed by atoms with Gasteiger partial charge in [0.05, 0.1) is 0 Å². The fourth-order valence-corrected chi connectivity index (χ4v) is 2.26. The number of nitrogens with zero attached hydrogens (tertiary/aromatic N) is 2. The van der Waals surface area contributed by atoms with Crippen molar-refractivity contribution in [1.82, 2.24) is 15.3 Å². The molecule has 0 bridgehead atoms. The van der Waals surface area contributed by atoms with E-state index in [2.05, 4.69) is 20.6 Å². The third-order valence-electron chi connectivity index (χ3n) is 2.26. The van der Waals surface area contributed by atoms with Crippen LogP contribution in [0.15, 0.2) is 52.8 Å². The summed E-state index contributed by atoms with van der Waals surface area (Å²) in [6.45, 7) is 3.82. The van der Waals surface area contributed by atoms with E-state index in [1.54, 1.807) is 18.5 Å². The second-order valence-electron chi connectivity index (χ2n) is 4.41. The quantitative estimate of drug-likeness (QED) is 0.907. The average molecular weight is 288 g/mol. The van der Waals surface area contributed by atoms with E-state index in [4.69, 9.17) is 0 Å². The SMILES string of the molecule is CC(C)NC(=O)Nc1ccnc(Sc2ccccn2)c1. The predicted molar refractivity (Wildman–Crippen MR) is 79.9 cm³/mol. The number of anilines is 1. The van der Waals surface area contributed by atoms with E-state index in [1.807, 2.05) is 38.1 Å². The molecule has 0 radical (unpaired) electrons. The molecule has 20 heavy (non-hydrogen) atoms. The molecule has 2 heterocycles. The van der Waals surface area contributed by atoms with Crippen molar-refractivity contribution in [2.45, 2.75) is 29.9 Å². The molecule has 0 saturated heterocycles. The summed E-state index contributed by atoms with van der Waals surface area (Å²) in [6.07, 6.45) is 3.40. The Morgan fingerprint density at radius 3 is 2.65 bits per heavy atom. The van der Waals surface area contributed by atoms with Crippen LogP contribution in [0.2, 0.25) is 0 Å². The fourth-order valence-electron chi connectivity index (χ4n) is 1.49. The molecule has 0 atom stereocenters. The minimum atomic E-state index is -0.222. The Bertz CT molecular complexity index is 574. The van der Waals surface area contributed by atoms with Crippen molar-refractivity contribution in [3.8, 4) is 0 Å². The van der Waals surface area contributed by atoms with E-state index in [1.165, 1.54) is 11.8 Å². The van der Waals surface area contributed by atoms with E-state index in [-0.39, 0.29) is 12.1 Å². The lowest BCUT2D eigenvalue weighted by atomic mass is 10.4. The van der Waals surface area contributed by atoms with E-state index in [9.17, 15) is 4.79 Å². The molecule has 0 aliphatic heterocycles. The first kappa shape index (κ1) is 14.3. The molecule has 0 unspecified atom stereocenters. The van der Waals surface area contributed by atoms with Crippen LogP contribution in [0.4, 0.5) is 10.5 Å². The molecule has 2 N–H and O–H groups in total. The maximum Gasteiger partial charge on any atom is 0.319 e. The van der Waals surface area contributed by atoms with Crippen molar-refractivity contribution in [3.05, 3.63) is 42.7 Å². The summed E-state index contributed by atoms with van der Waals surface area (Å²) in [5.74, 6) is 0. The maximum atomic E-state index is 11.6. The number of hydrogen-bond acceptors (Lipinski definition) is 4. The zero-order valence-corrected chi connectivity index (χ0v) is 12.1. The summed E-state index contributed by atoms with van der Waals surface area (Å²) in [5.41, 5.74) is 0.705. The third kappa shape index (κ3) is 4.55. The monoisotopic (exact) mass is 288 g/mol. The predicted octanol–water partition coefficient (Wildman–Crippen LogP) is 3.16. The number of nitrogens with one attached hydrogen (secondary N) is 2. The molecule has 2 rings (SSSR count). The van der Waals surface area contributed by atoms with Gasteiger partial charge in [-0.25, -0.2) is 14.8 Å². The van der Waals surface area contributed by atoms with Gasteiger partial charge in [0.15, 0.2) is 0 Å². The van der Waals surface area contributed by atoms with Crippen LogP contribution < -0.4 is 10.6 Å². The highest BCUT2D eigenvalue weighted by Crippen LogP contribution is 2.25. The first-order chi connectivity index (χ1) is 9.63. The van der Waals surface area contributed by atoms with Crippen LogP contribution in [0.25, 0.3) is 0 Å². The van der Waals surface area contributed by atoms with Gasteiger partial charge in [-0.1, -0.05) is 17.8 Å². The number of urea groups is 1. The van der Waals surface area contributed by atoms with Gasteiger partial charge in [0.1, 0.15) is 10.1 Å². The van der Waals surface area contributed by atoms with Crippen LogP contribution in [0.3, 0.4) is 0 Å². The summed E-state index contributed by atoms with van der Waals surface area (Å²) in [7, 11) is 0. The van der Waals surface area contributed by atoms with E-state index in [0.29, 0.717) is 5.69 Å². The minimum Gasteiger partial charge on any atom is -0.336 e. The van der Waals surface area contributed by atoms with Crippen LogP contribution >= 0.6 is 11.8 Å². The highest BCUT2D eigenvalue weighted by Gasteiger charge is 2.05.